The van der Waals surface area contributed by atoms with Gasteiger partial charge in [0.15, 0.2) is 11.7 Å². The third kappa shape index (κ3) is 3.67. The van der Waals surface area contributed by atoms with Gasteiger partial charge in [0.25, 0.3) is 11.8 Å². The summed E-state index contributed by atoms with van der Waals surface area (Å²) in [6.45, 7) is 3.75. The largest absolute Gasteiger partial charge is 0.484 e. The highest BCUT2D eigenvalue weighted by molar-refractivity contribution is 7.80. The Hall–Kier alpha value is -2.15. The molecule has 7 heteroatoms. The van der Waals surface area contributed by atoms with E-state index in [1.165, 1.54) is 0 Å². The van der Waals surface area contributed by atoms with Crippen LogP contribution in [0.15, 0.2) is 24.3 Å². The first-order valence-corrected chi connectivity index (χ1v) is 8.52. The summed E-state index contributed by atoms with van der Waals surface area (Å²) in [4.78, 5) is 25.4. The van der Waals surface area contributed by atoms with Crippen molar-refractivity contribution in [1.82, 2.24) is 15.5 Å². The molecule has 2 atom stereocenters. The number of benzene rings is 1. The van der Waals surface area contributed by atoms with Gasteiger partial charge < -0.3 is 15.4 Å². The summed E-state index contributed by atoms with van der Waals surface area (Å²) in [5.41, 5.74) is 0.955. The Morgan fingerprint density at radius 2 is 2.08 bits per heavy atom. The number of ether oxygens (including phenoxy) is 1. The van der Waals surface area contributed by atoms with Gasteiger partial charge in [0.1, 0.15) is 11.8 Å². The Bertz CT molecular complexity index is 658. The van der Waals surface area contributed by atoms with E-state index < -0.39 is 0 Å². The Kier molecular flexibility index (Phi) is 4.71. The highest BCUT2D eigenvalue weighted by Gasteiger charge is 2.35. The normalized spacial score (nSPS) is 21.4. The molecule has 3 rings (SSSR count). The van der Waals surface area contributed by atoms with E-state index in [2.05, 4.69) is 10.6 Å². The third-order valence-electron chi connectivity index (χ3n) is 4.23. The van der Waals surface area contributed by atoms with E-state index >= 15 is 0 Å². The standard InChI is InChI=1S/C17H21N3O3S/c1-10-16(22)20(17(24)18-10)11(2)12-3-7-14(8-4-12)23-9-15(21)19-13-5-6-13/h3-4,7-8,10-11,13H,5-6,9H2,1-2H3,(H,18,24)(H,19,21). The van der Waals surface area contributed by atoms with Crippen molar-refractivity contribution in [3.8, 4) is 5.75 Å². The Morgan fingerprint density at radius 3 is 2.62 bits per heavy atom. The van der Waals surface area contributed by atoms with Crippen LogP contribution in [0.3, 0.4) is 0 Å². The maximum Gasteiger partial charge on any atom is 0.258 e. The molecule has 1 aliphatic heterocycles. The van der Waals surface area contributed by atoms with Crippen molar-refractivity contribution in [2.24, 2.45) is 0 Å². The molecule has 0 radical (unpaired) electrons. The van der Waals surface area contributed by atoms with Gasteiger partial charge in [-0.05, 0) is 56.6 Å². The van der Waals surface area contributed by atoms with E-state index in [-0.39, 0.29) is 30.5 Å². The zero-order valence-electron chi connectivity index (χ0n) is 13.7. The van der Waals surface area contributed by atoms with Gasteiger partial charge >= 0.3 is 0 Å². The van der Waals surface area contributed by atoms with E-state index in [0.29, 0.717) is 16.9 Å². The molecule has 1 heterocycles. The first-order chi connectivity index (χ1) is 11.5. The molecule has 24 heavy (non-hydrogen) atoms. The van der Waals surface area contributed by atoms with Gasteiger partial charge in [-0.1, -0.05) is 12.1 Å². The predicted molar refractivity (Wildman–Crippen MR) is 93.6 cm³/mol. The lowest BCUT2D eigenvalue weighted by Gasteiger charge is -2.23. The first-order valence-electron chi connectivity index (χ1n) is 8.11. The second-order valence-corrected chi connectivity index (χ2v) is 6.64. The summed E-state index contributed by atoms with van der Waals surface area (Å²) in [5.74, 6) is 0.506. The molecule has 6 nitrogen and oxygen atoms in total. The fraction of sp³-hybridized carbons (Fsp3) is 0.471. The molecule has 1 saturated carbocycles. The average molecular weight is 347 g/mol. The van der Waals surface area contributed by atoms with Gasteiger partial charge in [-0.3, -0.25) is 14.5 Å². The molecule has 1 saturated heterocycles. The van der Waals surface area contributed by atoms with Crippen molar-refractivity contribution >= 4 is 29.1 Å². The Labute approximate surface area is 146 Å². The lowest BCUT2D eigenvalue weighted by Crippen LogP contribution is -2.33. The van der Waals surface area contributed by atoms with Crippen LogP contribution in [0.5, 0.6) is 5.75 Å². The second kappa shape index (κ2) is 6.76. The molecule has 128 valence electrons. The predicted octanol–water partition coefficient (Wildman–Crippen LogP) is 1.51. The number of carbonyl (C=O) groups excluding carboxylic acids is 2. The Balaban J connectivity index is 1.58. The minimum absolute atomic E-state index is 0.0154. The van der Waals surface area contributed by atoms with Gasteiger partial charge in [-0.2, -0.15) is 0 Å². The van der Waals surface area contributed by atoms with Gasteiger partial charge in [-0.15, -0.1) is 0 Å². The number of nitrogens with one attached hydrogen (secondary N) is 2. The quantitative estimate of drug-likeness (QED) is 0.764. The molecule has 2 unspecified atom stereocenters. The van der Waals surface area contributed by atoms with Gasteiger partial charge in [0.2, 0.25) is 0 Å². The molecule has 1 aromatic carbocycles. The van der Waals surface area contributed by atoms with Crippen LogP contribution in [0.25, 0.3) is 0 Å². The maximum atomic E-state index is 12.2. The van der Waals surface area contributed by atoms with E-state index in [9.17, 15) is 9.59 Å². The van der Waals surface area contributed by atoms with Crippen LogP contribution in [-0.4, -0.2) is 40.5 Å². The monoisotopic (exact) mass is 347 g/mol. The van der Waals surface area contributed by atoms with Crippen LogP contribution >= 0.6 is 12.2 Å². The summed E-state index contributed by atoms with van der Waals surface area (Å²) in [5, 5.41) is 6.30. The van der Waals surface area contributed by atoms with Crippen LogP contribution in [0, 0.1) is 0 Å². The van der Waals surface area contributed by atoms with Crippen LogP contribution in [0.1, 0.15) is 38.3 Å². The molecule has 2 fully saturated rings. The smallest absolute Gasteiger partial charge is 0.258 e. The van der Waals surface area contributed by atoms with E-state index in [1.807, 2.05) is 19.1 Å². The maximum absolute atomic E-state index is 12.2. The van der Waals surface area contributed by atoms with E-state index in [0.717, 1.165) is 18.4 Å². The fourth-order valence-electron chi connectivity index (χ4n) is 2.63. The van der Waals surface area contributed by atoms with Gasteiger partial charge in [0.05, 0.1) is 6.04 Å². The zero-order chi connectivity index (χ0) is 17.3. The highest BCUT2D eigenvalue weighted by Crippen LogP contribution is 2.26. The summed E-state index contributed by atoms with van der Waals surface area (Å²) >= 11 is 5.23. The van der Waals surface area contributed by atoms with Gasteiger partial charge in [-0.25, -0.2) is 0 Å². The van der Waals surface area contributed by atoms with Crippen LogP contribution < -0.4 is 15.4 Å². The average Bonchev–Trinajstić information content (AvgIpc) is 3.32. The minimum Gasteiger partial charge on any atom is -0.484 e. The van der Waals surface area contributed by atoms with Crippen molar-refractivity contribution in [2.75, 3.05) is 6.61 Å². The topological polar surface area (TPSA) is 70.7 Å². The lowest BCUT2D eigenvalue weighted by atomic mass is 10.1. The van der Waals surface area contributed by atoms with Crippen molar-refractivity contribution in [3.63, 3.8) is 0 Å². The lowest BCUT2D eigenvalue weighted by molar-refractivity contribution is -0.128. The Morgan fingerprint density at radius 1 is 1.42 bits per heavy atom. The first kappa shape index (κ1) is 16.7. The molecule has 0 bridgehead atoms. The molecule has 2 amide bonds. The number of hydrogen-bond donors (Lipinski definition) is 2. The molecular weight excluding hydrogens is 326 g/mol. The van der Waals surface area contributed by atoms with E-state index in [4.69, 9.17) is 17.0 Å². The van der Waals surface area contributed by atoms with Crippen LogP contribution in [-0.2, 0) is 9.59 Å². The molecule has 0 spiro atoms. The molecule has 0 aromatic heterocycles. The SMILES string of the molecule is CC1NC(=S)N(C(C)c2ccc(OCC(=O)NC3CC3)cc2)C1=O. The van der Waals surface area contributed by atoms with Gasteiger partial charge in [0, 0.05) is 6.04 Å². The molecular formula is C17H21N3O3S. The van der Waals surface area contributed by atoms with Crippen molar-refractivity contribution in [3.05, 3.63) is 29.8 Å². The highest BCUT2D eigenvalue weighted by atomic mass is 32.1. The molecule has 2 N–H and O–H groups in total. The van der Waals surface area contributed by atoms with Crippen LogP contribution in [0.2, 0.25) is 0 Å². The summed E-state index contributed by atoms with van der Waals surface area (Å²) in [7, 11) is 0. The van der Waals surface area contributed by atoms with E-state index in [1.54, 1.807) is 24.0 Å². The summed E-state index contributed by atoms with van der Waals surface area (Å²) in [6, 6.07) is 7.27. The number of rotatable bonds is 6. The molecule has 1 aromatic rings. The third-order valence-corrected chi connectivity index (χ3v) is 4.54. The van der Waals surface area contributed by atoms with Crippen molar-refractivity contribution in [1.29, 1.82) is 0 Å². The molecule has 2 aliphatic rings. The van der Waals surface area contributed by atoms with Crippen LogP contribution in [0.4, 0.5) is 0 Å². The summed E-state index contributed by atoms with van der Waals surface area (Å²) in [6.07, 6.45) is 2.12. The van der Waals surface area contributed by atoms with Crippen molar-refractivity contribution < 1.29 is 14.3 Å². The zero-order valence-corrected chi connectivity index (χ0v) is 14.6. The number of amides is 2. The molecule has 1 aliphatic carbocycles. The minimum atomic E-state index is -0.285. The number of nitrogens with zero attached hydrogens (tertiary/aromatic N) is 1. The number of carbonyl (C=O) groups is 2. The number of hydrogen-bond acceptors (Lipinski definition) is 4. The fourth-order valence-corrected chi connectivity index (χ4v) is 3.05. The number of thiocarbonyl (C=S) groups is 1. The van der Waals surface area contributed by atoms with Crippen molar-refractivity contribution in [2.45, 2.75) is 44.8 Å². The second-order valence-electron chi connectivity index (χ2n) is 6.25. The summed E-state index contributed by atoms with van der Waals surface area (Å²) < 4.78 is 5.49.